The minimum absolute atomic E-state index is 0.117. The van der Waals surface area contributed by atoms with Crippen LogP contribution < -0.4 is 14.9 Å². The molecule has 3 aromatic rings. The van der Waals surface area contributed by atoms with E-state index in [1.165, 1.54) is 36.4 Å². The fourth-order valence-corrected chi connectivity index (χ4v) is 4.34. The molecule has 0 atom stereocenters. The number of thiophene rings is 1. The van der Waals surface area contributed by atoms with E-state index in [1.807, 2.05) is 26.0 Å². The summed E-state index contributed by atoms with van der Waals surface area (Å²) in [6.07, 6.45) is 1.58. The molecule has 0 aliphatic rings. The third-order valence-corrected chi connectivity index (χ3v) is 6.30. The monoisotopic (exact) mass is 443 g/mol. The Morgan fingerprint density at radius 2 is 1.77 bits per heavy atom. The fraction of sp³-hybridized carbons (Fsp3) is 0.143. The highest BCUT2D eigenvalue weighted by Crippen LogP contribution is 2.20. The lowest BCUT2D eigenvalue weighted by Crippen LogP contribution is -2.17. The van der Waals surface area contributed by atoms with Gasteiger partial charge in [0.15, 0.2) is 0 Å². The van der Waals surface area contributed by atoms with E-state index >= 15 is 0 Å². The van der Waals surface area contributed by atoms with Crippen LogP contribution in [0.5, 0.6) is 5.75 Å². The van der Waals surface area contributed by atoms with E-state index in [1.54, 1.807) is 29.7 Å². The topological polar surface area (TPSA) is 96.9 Å². The van der Waals surface area contributed by atoms with Gasteiger partial charge >= 0.3 is 0 Å². The number of amides is 1. The van der Waals surface area contributed by atoms with Crippen molar-refractivity contribution in [2.24, 2.45) is 5.10 Å². The minimum atomic E-state index is -3.75. The maximum absolute atomic E-state index is 12.5. The Morgan fingerprint density at radius 1 is 1.07 bits per heavy atom. The van der Waals surface area contributed by atoms with Crippen molar-refractivity contribution in [3.05, 3.63) is 76.0 Å². The first-order valence-corrected chi connectivity index (χ1v) is 11.4. The van der Waals surface area contributed by atoms with Crippen molar-refractivity contribution in [3.8, 4) is 5.75 Å². The van der Waals surface area contributed by atoms with Crippen LogP contribution in [0, 0.1) is 6.92 Å². The van der Waals surface area contributed by atoms with Crippen LogP contribution in [0.4, 0.5) is 5.69 Å². The SMILES string of the molecule is CCOc1ccc(S(=O)(=O)Nc2ccc(C(=O)N/N=C/c3ccc(C)s3)cc2)cc1. The second kappa shape index (κ2) is 9.55. The molecule has 3 rings (SSSR count). The quantitative estimate of drug-likeness (QED) is 0.406. The van der Waals surface area contributed by atoms with E-state index in [9.17, 15) is 13.2 Å². The molecule has 0 bridgehead atoms. The first-order valence-electron chi connectivity index (χ1n) is 9.13. The number of hydrogen-bond donors (Lipinski definition) is 2. The second-order valence-electron chi connectivity index (χ2n) is 6.23. The van der Waals surface area contributed by atoms with Crippen molar-refractivity contribution in [2.45, 2.75) is 18.7 Å². The van der Waals surface area contributed by atoms with Gasteiger partial charge in [-0.2, -0.15) is 5.10 Å². The van der Waals surface area contributed by atoms with Crippen LogP contribution in [0.15, 0.2) is 70.7 Å². The minimum Gasteiger partial charge on any atom is -0.494 e. The zero-order valence-electron chi connectivity index (χ0n) is 16.5. The summed E-state index contributed by atoms with van der Waals surface area (Å²) in [5.41, 5.74) is 3.16. The van der Waals surface area contributed by atoms with Gasteiger partial charge < -0.3 is 4.74 Å². The molecule has 1 heterocycles. The van der Waals surface area contributed by atoms with Crippen LogP contribution in [0.3, 0.4) is 0 Å². The lowest BCUT2D eigenvalue weighted by atomic mass is 10.2. The molecule has 0 aliphatic carbocycles. The van der Waals surface area contributed by atoms with E-state index < -0.39 is 10.0 Å². The second-order valence-corrected chi connectivity index (χ2v) is 9.24. The number of nitrogens with zero attached hydrogens (tertiary/aromatic N) is 1. The number of hydrazone groups is 1. The van der Waals surface area contributed by atoms with Crippen molar-refractivity contribution < 1.29 is 17.9 Å². The highest BCUT2D eigenvalue weighted by Gasteiger charge is 2.14. The first kappa shape index (κ1) is 21.5. The van der Waals surface area contributed by atoms with E-state index in [0.717, 1.165) is 9.75 Å². The maximum Gasteiger partial charge on any atom is 0.271 e. The van der Waals surface area contributed by atoms with Gasteiger partial charge in [-0.15, -0.1) is 11.3 Å². The Balaban J connectivity index is 1.61. The third-order valence-electron chi connectivity index (χ3n) is 3.96. The van der Waals surface area contributed by atoms with Crippen LogP contribution in [0.25, 0.3) is 0 Å². The summed E-state index contributed by atoms with van der Waals surface area (Å²) >= 11 is 1.57. The van der Waals surface area contributed by atoms with E-state index in [0.29, 0.717) is 23.6 Å². The van der Waals surface area contributed by atoms with Gasteiger partial charge in [-0.1, -0.05) is 0 Å². The maximum atomic E-state index is 12.5. The lowest BCUT2D eigenvalue weighted by molar-refractivity contribution is 0.0955. The van der Waals surface area contributed by atoms with Crippen molar-refractivity contribution >= 4 is 39.2 Å². The van der Waals surface area contributed by atoms with Crippen molar-refractivity contribution in [3.63, 3.8) is 0 Å². The molecule has 0 aliphatic heterocycles. The van der Waals surface area contributed by atoms with Crippen molar-refractivity contribution in [2.75, 3.05) is 11.3 Å². The zero-order valence-corrected chi connectivity index (χ0v) is 18.1. The molecule has 156 valence electrons. The number of sulfonamides is 1. The van der Waals surface area contributed by atoms with Crippen LogP contribution in [0.2, 0.25) is 0 Å². The van der Waals surface area contributed by atoms with Gasteiger partial charge in [0.1, 0.15) is 5.75 Å². The van der Waals surface area contributed by atoms with E-state index in [4.69, 9.17) is 4.74 Å². The Hall–Kier alpha value is -3.17. The van der Waals surface area contributed by atoms with Crippen LogP contribution in [-0.2, 0) is 10.0 Å². The van der Waals surface area contributed by atoms with Crippen LogP contribution in [0.1, 0.15) is 27.0 Å². The molecule has 0 spiro atoms. The van der Waals surface area contributed by atoms with Gasteiger partial charge in [0, 0.05) is 21.0 Å². The van der Waals surface area contributed by atoms with Gasteiger partial charge in [0.05, 0.1) is 17.7 Å². The van der Waals surface area contributed by atoms with Gasteiger partial charge in [0.25, 0.3) is 15.9 Å². The molecule has 0 radical (unpaired) electrons. The summed E-state index contributed by atoms with van der Waals surface area (Å²) in [5, 5.41) is 3.94. The number of anilines is 1. The Kier molecular flexibility index (Phi) is 6.86. The normalized spacial score (nSPS) is 11.4. The van der Waals surface area contributed by atoms with Crippen molar-refractivity contribution in [1.29, 1.82) is 0 Å². The molecule has 0 unspecified atom stereocenters. The van der Waals surface area contributed by atoms with E-state index in [2.05, 4.69) is 15.2 Å². The van der Waals surface area contributed by atoms with Gasteiger partial charge in [-0.3, -0.25) is 9.52 Å². The number of carbonyl (C=O) groups excluding carboxylic acids is 1. The van der Waals surface area contributed by atoms with Gasteiger partial charge in [0.2, 0.25) is 0 Å². The van der Waals surface area contributed by atoms with Crippen LogP contribution in [-0.4, -0.2) is 27.1 Å². The Bertz CT molecular complexity index is 1140. The number of nitrogens with one attached hydrogen (secondary N) is 2. The molecule has 0 saturated carbocycles. The smallest absolute Gasteiger partial charge is 0.271 e. The molecule has 2 N–H and O–H groups in total. The molecule has 30 heavy (non-hydrogen) atoms. The summed E-state index contributed by atoms with van der Waals surface area (Å²) < 4.78 is 32.8. The Morgan fingerprint density at radius 3 is 2.37 bits per heavy atom. The van der Waals surface area contributed by atoms with Gasteiger partial charge in [-0.05, 0) is 74.5 Å². The molecule has 1 amide bonds. The Labute approximate surface area is 179 Å². The highest BCUT2D eigenvalue weighted by molar-refractivity contribution is 7.92. The first-order chi connectivity index (χ1) is 14.4. The van der Waals surface area contributed by atoms with Crippen LogP contribution >= 0.6 is 11.3 Å². The van der Waals surface area contributed by atoms with Gasteiger partial charge in [-0.25, -0.2) is 13.8 Å². The summed E-state index contributed by atoms with van der Waals surface area (Å²) in [7, 11) is -3.75. The summed E-state index contributed by atoms with van der Waals surface area (Å²) in [5.74, 6) is 0.212. The predicted molar refractivity (Wildman–Crippen MR) is 119 cm³/mol. The number of aryl methyl sites for hydroxylation is 1. The summed E-state index contributed by atoms with van der Waals surface area (Å²) in [6.45, 7) is 4.35. The number of benzene rings is 2. The molecule has 1 aromatic heterocycles. The van der Waals surface area contributed by atoms with E-state index in [-0.39, 0.29) is 10.8 Å². The standard InChI is InChI=1S/C21H21N3O4S2/c1-3-28-18-9-12-20(13-10-18)30(26,27)24-17-7-5-16(6-8-17)21(25)23-22-14-19-11-4-15(2)29-19/h4-14,24H,3H2,1-2H3,(H,23,25)/b22-14+. The molecular formula is C21H21N3O4S2. The van der Waals surface area contributed by atoms with Crippen molar-refractivity contribution in [1.82, 2.24) is 5.43 Å². The number of hydrogen-bond acceptors (Lipinski definition) is 6. The zero-order chi connectivity index (χ0) is 21.6. The summed E-state index contributed by atoms with van der Waals surface area (Å²) in [6, 6.07) is 16.1. The molecule has 9 heteroatoms. The number of ether oxygens (including phenoxy) is 1. The largest absolute Gasteiger partial charge is 0.494 e. The number of rotatable bonds is 8. The summed E-state index contributed by atoms with van der Waals surface area (Å²) in [4.78, 5) is 14.4. The molecule has 0 fully saturated rings. The predicted octanol–water partition coefficient (Wildman–Crippen LogP) is 4.02. The average Bonchev–Trinajstić information content (AvgIpc) is 3.14. The molecular weight excluding hydrogens is 422 g/mol. The average molecular weight is 444 g/mol. The molecule has 7 nitrogen and oxygen atoms in total. The molecule has 2 aromatic carbocycles. The molecule has 0 saturated heterocycles. The fourth-order valence-electron chi connectivity index (χ4n) is 2.53. The number of carbonyl (C=O) groups is 1. The lowest BCUT2D eigenvalue weighted by Gasteiger charge is -2.09. The highest BCUT2D eigenvalue weighted by atomic mass is 32.2. The third kappa shape index (κ3) is 5.68.